The van der Waals surface area contributed by atoms with Crippen LogP contribution in [0.1, 0.15) is 62.6 Å². The van der Waals surface area contributed by atoms with Crippen LogP contribution in [0.2, 0.25) is 0 Å². The van der Waals surface area contributed by atoms with Crippen LogP contribution in [0.3, 0.4) is 0 Å². The van der Waals surface area contributed by atoms with Gasteiger partial charge >= 0.3 is 11.9 Å². The second-order valence-electron chi connectivity index (χ2n) is 11.4. The number of carbonyl (C=O) groups is 6. The van der Waals surface area contributed by atoms with Crippen molar-refractivity contribution in [1.82, 2.24) is 25.5 Å². The molecule has 3 aromatic rings. The maximum absolute atomic E-state index is 13.7. The fourth-order valence-electron chi connectivity index (χ4n) is 5.73. The second-order valence-corrected chi connectivity index (χ2v) is 11.4. The van der Waals surface area contributed by atoms with E-state index in [1.165, 1.54) is 0 Å². The van der Waals surface area contributed by atoms with E-state index in [2.05, 4.69) is 16.0 Å². The van der Waals surface area contributed by atoms with Gasteiger partial charge in [-0.2, -0.15) is 0 Å². The van der Waals surface area contributed by atoms with E-state index in [-0.39, 0.29) is 42.7 Å². The molecule has 0 fully saturated rings. The minimum atomic E-state index is -1.87. The molecule has 2 aromatic heterocycles. The van der Waals surface area contributed by atoms with E-state index in [0.29, 0.717) is 43.7 Å². The van der Waals surface area contributed by atoms with Crippen molar-refractivity contribution in [1.29, 1.82) is 0 Å². The van der Waals surface area contributed by atoms with Crippen LogP contribution in [0, 0.1) is 0 Å². The number of ether oxygens (including phenoxy) is 2. The predicted molar refractivity (Wildman–Crippen MR) is 167 cm³/mol. The number of hydrogen-bond acceptors (Lipinski definition) is 10. The van der Waals surface area contributed by atoms with E-state index in [1.807, 2.05) is 30.3 Å². The van der Waals surface area contributed by atoms with Gasteiger partial charge in [-0.25, -0.2) is 9.78 Å². The Hall–Kier alpha value is -5.40. The SMILES string of the molecule is CC[C@]1(OC(=O)CNC(=O)CCCCCNC(=O)CNC(=O)C(C)=O)C(=O)OCc2c1cc1n(c2=O)Cc2cc3ccccc3nc2-1. The molecule has 0 bridgehead atoms. The van der Waals surface area contributed by atoms with Gasteiger partial charge in [0.25, 0.3) is 11.5 Å². The number of rotatable bonds is 13. The fourth-order valence-corrected chi connectivity index (χ4v) is 5.73. The molecule has 0 aliphatic carbocycles. The van der Waals surface area contributed by atoms with Crippen LogP contribution in [-0.4, -0.2) is 64.6 Å². The minimum absolute atomic E-state index is 0.000937. The van der Waals surface area contributed by atoms with Crippen LogP contribution in [0.25, 0.3) is 22.3 Å². The molecule has 1 atom stereocenters. The molecule has 14 nitrogen and oxygen atoms in total. The number of nitrogens with zero attached hydrogens (tertiary/aromatic N) is 2. The molecule has 3 N–H and O–H groups in total. The average Bonchev–Trinajstić information content (AvgIpc) is 3.42. The molecular weight excluding hydrogens is 610 g/mol. The zero-order valence-electron chi connectivity index (χ0n) is 26.1. The number of ketones is 1. The number of cyclic esters (lactones) is 1. The molecule has 5 rings (SSSR count). The first-order valence-electron chi connectivity index (χ1n) is 15.4. The first-order valence-corrected chi connectivity index (χ1v) is 15.4. The van der Waals surface area contributed by atoms with E-state index in [1.54, 1.807) is 17.6 Å². The third-order valence-electron chi connectivity index (χ3n) is 8.23. The molecular formula is C33H35N5O9. The van der Waals surface area contributed by atoms with Crippen molar-refractivity contribution >= 4 is 46.3 Å². The Balaban J connectivity index is 1.17. The number of benzene rings is 1. The summed E-state index contributed by atoms with van der Waals surface area (Å²) in [5.41, 5.74) is 1.01. The lowest BCUT2D eigenvalue weighted by Gasteiger charge is -2.35. The first kappa shape index (κ1) is 33.0. The van der Waals surface area contributed by atoms with Crippen LogP contribution in [0.5, 0.6) is 0 Å². The van der Waals surface area contributed by atoms with Gasteiger partial charge in [-0.1, -0.05) is 31.5 Å². The number of pyridine rings is 2. The van der Waals surface area contributed by atoms with Crippen LogP contribution < -0.4 is 21.5 Å². The van der Waals surface area contributed by atoms with Crippen molar-refractivity contribution < 1.29 is 38.2 Å². The lowest BCUT2D eigenvalue weighted by atomic mass is 9.85. The number of amides is 3. The van der Waals surface area contributed by atoms with Crippen LogP contribution in [0.4, 0.5) is 0 Å². The quantitative estimate of drug-likeness (QED) is 0.108. The normalized spacial score (nSPS) is 15.9. The molecule has 0 spiro atoms. The topological polar surface area (TPSA) is 192 Å². The lowest BCUT2D eigenvalue weighted by Crippen LogP contribution is -2.48. The van der Waals surface area contributed by atoms with Crippen molar-refractivity contribution in [3.05, 3.63) is 63.4 Å². The van der Waals surface area contributed by atoms with E-state index in [9.17, 15) is 33.6 Å². The number of unbranched alkanes of at least 4 members (excludes halogenated alkanes) is 2. The van der Waals surface area contributed by atoms with Gasteiger partial charge in [0.1, 0.15) is 13.2 Å². The van der Waals surface area contributed by atoms with Crippen LogP contribution >= 0.6 is 0 Å². The number of aromatic nitrogens is 2. The minimum Gasteiger partial charge on any atom is -0.457 e. The smallest absolute Gasteiger partial charge is 0.355 e. The highest BCUT2D eigenvalue weighted by Crippen LogP contribution is 2.40. The van der Waals surface area contributed by atoms with Gasteiger partial charge in [-0.3, -0.25) is 28.8 Å². The van der Waals surface area contributed by atoms with Gasteiger partial charge < -0.3 is 30.0 Å². The Morgan fingerprint density at radius 3 is 2.53 bits per heavy atom. The largest absolute Gasteiger partial charge is 0.457 e. The van der Waals surface area contributed by atoms with Gasteiger partial charge in [0.15, 0.2) is 0 Å². The molecule has 0 unspecified atom stereocenters. The standard InChI is InChI=1S/C33H35N5O9/c1-3-33(47-28(42)16-35-26(40)11-5-4-8-12-34-27(41)15-36-30(43)19(2)39)23-14-25-29-21(13-20-9-6-7-10-24(20)37-29)17-38(25)31(44)22(23)18-46-32(33)45/h6-7,9-10,13-14H,3-5,8,11-12,15-18H2,1-2H3,(H,34,41)(H,35,40)(H,36,43)/t33-/m1/s1. The molecule has 1 aromatic carbocycles. The number of esters is 2. The highest BCUT2D eigenvalue weighted by Gasteiger charge is 2.50. The molecule has 2 aliphatic heterocycles. The summed E-state index contributed by atoms with van der Waals surface area (Å²) in [7, 11) is 0. The molecule has 3 amide bonds. The summed E-state index contributed by atoms with van der Waals surface area (Å²) < 4.78 is 12.7. The zero-order chi connectivity index (χ0) is 33.7. The number of Topliss-reactive ketones (excluding diaryl/α,β-unsaturated/α-hetero) is 1. The van der Waals surface area contributed by atoms with Gasteiger partial charge in [-0.15, -0.1) is 0 Å². The predicted octanol–water partition coefficient (Wildman–Crippen LogP) is 1.13. The van der Waals surface area contributed by atoms with Crippen molar-refractivity contribution in [2.75, 3.05) is 19.6 Å². The Morgan fingerprint density at radius 2 is 1.77 bits per heavy atom. The summed E-state index contributed by atoms with van der Waals surface area (Å²) in [5, 5.41) is 8.24. The number of hydrogen-bond donors (Lipinski definition) is 3. The van der Waals surface area contributed by atoms with E-state index >= 15 is 0 Å². The van der Waals surface area contributed by atoms with Crippen molar-refractivity contribution in [2.24, 2.45) is 0 Å². The molecule has 246 valence electrons. The number of para-hydroxylation sites is 1. The van der Waals surface area contributed by atoms with E-state index < -0.39 is 47.6 Å². The van der Waals surface area contributed by atoms with Crippen molar-refractivity contribution in [3.63, 3.8) is 0 Å². The highest BCUT2D eigenvalue weighted by atomic mass is 16.6. The summed E-state index contributed by atoms with van der Waals surface area (Å²) in [4.78, 5) is 90.8. The molecule has 4 heterocycles. The lowest BCUT2D eigenvalue weighted by molar-refractivity contribution is -0.189. The maximum atomic E-state index is 13.7. The fraction of sp³-hybridized carbons (Fsp3) is 0.394. The van der Waals surface area contributed by atoms with Gasteiger partial charge in [-0.05, 0) is 37.5 Å². The average molecular weight is 646 g/mol. The summed E-state index contributed by atoms with van der Waals surface area (Å²) in [6.07, 6.45) is 1.77. The Labute approximate surface area is 269 Å². The van der Waals surface area contributed by atoms with Crippen LogP contribution in [-0.2, 0) is 57.0 Å². The second kappa shape index (κ2) is 13.9. The Morgan fingerprint density at radius 1 is 0.979 bits per heavy atom. The van der Waals surface area contributed by atoms with E-state index in [0.717, 1.165) is 23.4 Å². The van der Waals surface area contributed by atoms with E-state index in [4.69, 9.17) is 14.5 Å². The molecule has 0 radical (unpaired) electrons. The number of nitrogens with one attached hydrogen (secondary N) is 3. The zero-order valence-corrected chi connectivity index (χ0v) is 26.1. The van der Waals surface area contributed by atoms with Crippen LogP contribution in [0.15, 0.2) is 41.2 Å². The highest BCUT2D eigenvalue weighted by molar-refractivity contribution is 6.35. The monoisotopic (exact) mass is 645 g/mol. The maximum Gasteiger partial charge on any atom is 0.355 e. The van der Waals surface area contributed by atoms with Gasteiger partial charge in [0.2, 0.25) is 23.2 Å². The molecule has 0 saturated heterocycles. The number of fused-ring (bicyclic) bond motifs is 5. The summed E-state index contributed by atoms with van der Waals surface area (Å²) >= 11 is 0. The van der Waals surface area contributed by atoms with Crippen molar-refractivity contribution in [2.45, 2.75) is 64.7 Å². The summed E-state index contributed by atoms with van der Waals surface area (Å²) in [5.74, 6) is -4.02. The molecule has 2 aliphatic rings. The first-order chi connectivity index (χ1) is 22.5. The molecule has 14 heteroatoms. The Kier molecular flexibility index (Phi) is 9.78. The summed E-state index contributed by atoms with van der Waals surface area (Å²) in [6, 6.07) is 11.3. The van der Waals surface area contributed by atoms with Gasteiger partial charge in [0.05, 0.1) is 35.6 Å². The number of carbonyl (C=O) groups excluding carboxylic acids is 6. The summed E-state index contributed by atoms with van der Waals surface area (Å²) in [6.45, 7) is 2.33. The third kappa shape index (κ3) is 6.90. The molecule has 0 saturated carbocycles. The third-order valence-corrected chi connectivity index (χ3v) is 8.23. The van der Waals surface area contributed by atoms with Crippen molar-refractivity contribution in [3.8, 4) is 11.4 Å². The van der Waals surface area contributed by atoms with Gasteiger partial charge in [0, 0.05) is 36.4 Å². The Bertz CT molecular complexity index is 1850. The molecule has 47 heavy (non-hydrogen) atoms.